The molecule has 0 bridgehead atoms. The number of hydrogen-bond donors (Lipinski definition) is 0. The first kappa shape index (κ1) is 18.8. The lowest BCUT2D eigenvalue weighted by Gasteiger charge is -2.28. The van der Waals surface area contributed by atoms with Crippen molar-refractivity contribution in [3.63, 3.8) is 0 Å². The van der Waals surface area contributed by atoms with Gasteiger partial charge in [-0.1, -0.05) is 6.07 Å². The number of nitrogens with zero attached hydrogens (tertiary/aromatic N) is 3. The van der Waals surface area contributed by atoms with Gasteiger partial charge in [0.2, 0.25) is 5.89 Å². The predicted octanol–water partition coefficient (Wildman–Crippen LogP) is 2.96. The maximum Gasteiger partial charge on any atom is 0.311 e. The van der Waals surface area contributed by atoms with Crippen molar-refractivity contribution in [1.82, 2.24) is 15.1 Å². The second-order valence-electron chi connectivity index (χ2n) is 6.60. The molecular weight excluding hydrogens is 374 g/mol. The van der Waals surface area contributed by atoms with E-state index >= 15 is 0 Å². The zero-order valence-electron chi connectivity index (χ0n) is 16.5. The van der Waals surface area contributed by atoms with Crippen molar-refractivity contribution in [2.24, 2.45) is 0 Å². The molecular formula is C21H21N3O5. The van der Waals surface area contributed by atoms with Crippen molar-refractivity contribution in [2.45, 2.75) is 13.0 Å². The van der Waals surface area contributed by atoms with Gasteiger partial charge in [0.05, 0.1) is 21.3 Å². The highest BCUT2D eigenvalue weighted by molar-refractivity contribution is 5.90. The quantitative estimate of drug-likeness (QED) is 0.656. The summed E-state index contributed by atoms with van der Waals surface area (Å²) in [4.78, 5) is 14.6. The lowest BCUT2D eigenvalue weighted by molar-refractivity contribution is 0.0694. The minimum atomic E-state index is -0.299. The van der Waals surface area contributed by atoms with E-state index in [9.17, 15) is 4.79 Å². The van der Waals surface area contributed by atoms with Crippen LogP contribution >= 0.6 is 0 Å². The third kappa shape index (κ3) is 3.61. The van der Waals surface area contributed by atoms with E-state index in [2.05, 4.69) is 10.2 Å². The normalized spacial score (nSPS) is 13.0. The average Bonchev–Trinajstić information content (AvgIpc) is 3.27. The highest BCUT2D eigenvalue weighted by Crippen LogP contribution is 2.33. The number of aromatic nitrogens is 2. The molecule has 29 heavy (non-hydrogen) atoms. The fraction of sp³-hybridized carbons (Fsp3) is 0.286. The Bertz CT molecular complexity index is 1050. The monoisotopic (exact) mass is 395 g/mol. The molecule has 2 heterocycles. The molecule has 1 amide bonds. The van der Waals surface area contributed by atoms with Crippen LogP contribution in [0.5, 0.6) is 17.2 Å². The van der Waals surface area contributed by atoms with Crippen LogP contribution in [0, 0.1) is 0 Å². The highest BCUT2D eigenvalue weighted by atomic mass is 16.5. The molecule has 3 aromatic rings. The summed E-state index contributed by atoms with van der Waals surface area (Å²) in [7, 11) is 4.79. The second-order valence-corrected chi connectivity index (χ2v) is 6.60. The van der Waals surface area contributed by atoms with Gasteiger partial charge >= 0.3 is 11.8 Å². The van der Waals surface area contributed by atoms with Crippen LogP contribution in [-0.4, -0.2) is 48.9 Å². The number of hydrogen-bond acceptors (Lipinski definition) is 7. The Labute approximate surface area is 168 Å². The average molecular weight is 395 g/mol. The topological polar surface area (TPSA) is 86.9 Å². The first-order chi connectivity index (χ1) is 14.1. The molecule has 0 saturated carbocycles. The summed E-state index contributed by atoms with van der Waals surface area (Å²) < 4.78 is 21.6. The molecule has 0 saturated heterocycles. The second kappa shape index (κ2) is 7.83. The lowest BCUT2D eigenvalue weighted by Crippen LogP contribution is -2.36. The van der Waals surface area contributed by atoms with E-state index in [0.29, 0.717) is 42.3 Å². The molecule has 0 spiro atoms. The summed E-state index contributed by atoms with van der Waals surface area (Å²) >= 11 is 0. The van der Waals surface area contributed by atoms with Gasteiger partial charge in [-0.2, -0.15) is 0 Å². The first-order valence-corrected chi connectivity index (χ1v) is 9.14. The van der Waals surface area contributed by atoms with Crippen LogP contribution in [0.1, 0.15) is 21.8 Å². The zero-order chi connectivity index (χ0) is 20.4. The molecule has 0 unspecified atom stereocenters. The van der Waals surface area contributed by atoms with E-state index < -0.39 is 0 Å². The lowest BCUT2D eigenvalue weighted by atomic mass is 9.98. The van der Waals surface area contributed by atoms with E-state index in [-0.39, 0.29) is 17.7 Å². The number of amides is 1. The predicted molar refractivity (Wildman–Crippen MR) is 104 cm³/mol. The summed E-state index contributed by atoms with van der Waals surface area (Å²) in [5, 5.41) is 7.96. The number of ether oxygens (including phenoxy) is 3. The Balaban J connectivity index is 1.55. The molecule has 0 atom stereocenters. The van der Waals surface area contributed by atoms with Gasteiger partial charge in [0.15, 0.2) is 11.5 Å². The molecule has 2 aromatic carbocycles. The minimum Gasteiger partial charge on any atom is -0.497 e. The Kier molecular flexibility index (Phi) is 5.07. The number of methoxy groups -OCH3 is 3. The molecule has 0 N–H and O–H groups in total. The minimum absolute atomic E-state index is 0.0354. The van der Waals surface area contributed by atoms with Crippen LogP contribution in [0.15, 0.2) is 40.8 Å². The van der Waals surface area contributed by atoms with Gasteiger partial charge in [-0.25, -0.2) is 0 Å². The Hall–Kier alpha value is -3.55. The summed E-state index contributed by atoms with van der Waals surface area (Å²) in [6.45, 7) is 0.990. The van der Waals surface area contributed by atoms with Crippen molar-refractivity contribution in [3.8, 4) is 28.7 Å². The molecule has 0 fully saturated rings. The van der Waals surface area contributed by atoms with Gasteiger partial charge in [-0.15, -0.1) is 10.2 Å². The van der Waals surface area contributed by atoms with Gasteiger partial charge in [0, 0.05) is 18.7 Å². The zero-order valence-corrected chi connectivity index (χ0v) is 16.5. The fourth-order valence-corrected chi connectivity index (χ4v) is 3.37. The van der Waals surface area contributed by atoms with Crippen LogP contribution in [0.25, 0.3) is 11.5 Å². The Morgan fingerprint density at radius 2 is 1.76 bits per heavy atom. The third-order valence-electron chi connectivity index (χ3n) is 4.93. The smallest absolute Gasteiger partial charge is 0.311 e. The van der Waals surface area contributed by atoms with Crippen LogP contribution in [-0.2, 0) is 13.0 Å². The molecule has 1 aromatic heterocycles. The largest absolute Gasteiger partial charge is 0.497 e. The van der Waals surface area contributed by atoms with Crippen LogP contribution < -0.4 is 14.2 Å². The van der Waals surface area contributed by atoms with E-state index in [1.54, 1.807) is 32.3 Å². The summed E-state index contributed by atoms with van der Waals surface area (Å²) in [6.07, 6.45) is 0.707. The molecule has 0 radical (unpaired) electrons. The van der Waals surface area contributed by atoms with Crippen molar-refractivity contribution < 1.29 is 23.4 Å². The van der Waals surface area contributed by atoms with Gasteiger partial charge in [-0.05, 0) is 47.9 Å². The summed E-state index contributed by atoms with van der Waals surface area (Å²) in [5.41, 5.74) is 2.83. The van der Waals surface area contributed by atoms with E-state index in [0.717, 1.165) is 11.1 Å². The number of benzene rings is 2. The van der Waals surface area contributed by atoms with Crippen molar-refractivity contribution >= 4 is 5.91 Å². The molecule has 1 aliphatic heterocycles. The molecule has 8 heteroatoms. The van der Waals surface area contributed by atoms with E-state index in [1.807, 2.05) is 30.3 Å². The molecule has 8 nitrogen and oxygen atoms in total. The fourth-order valence-electron chi connectivity index (χ4n) is 3.37. The number of fused-ring (bicyclic) bond motifs is 1. The molecule has 150 valence electrons. The Morgan fingerprint density at radius 1 is 1.00 bits per heavy atom. The maximum atomic E-state index is 12.9. The van der Waals surface area contributed by atoms with Gasteiger partial charge in [-0.3, -0.25) is 4.79 Å². The number of carbonyl (C=O) groups is 1. The van der Waals surface area contributed by atoms with Crippen LogP contribution in [0.4, 0.5) is 0 Å². The SMILES string of the molecule is COc1cccc(-c2nnc(C(=O)N3CCc4cc(OC)c(OC)cc4C3)o2)c1. The molecule has 4 rings (SSSR count). The first-order valence-electron chi connectivity index (χ1n) is 9.14. The van der Waals surface area contributed by atoms with E-state index in [1.165, 1.54) is 0 Å². The number of carbonyl (C=O) groups excluding carboxylic acids is 1. The van der Waals surface area contributed by atoms with Crippen LogP contribution in [0.2, 0.25) is 0 Å². The standard InChI is InChI=1S/C21H21N3O5/c1-26-16-6-4-5-14(9-16)19-22-23-20(29-19)21(25)24-8-7-13-10-17(27-2)18(28-3)11-15(13)12-24/h4-6,9-11H,7-8,12H2,1-3H3. The number of rotatable bonds is 5. The van der Waals surface area contributed by atoms with Crippen molar-refractivity contribution in [2.75, 3.05) is 27.9 Å². The van der Waals surface area contributed by atoms with Crippen molar-refractivity contribution in [3.05, 3.63) is 53.4 Å². The maximum absolute atomic E-state index is 12.9. The summed E-state index contributed by atoms with van der Waals surface area (Å²) in [5.74, 6) is 1.94. The van der Waals surface area contributed by atoms with Crippen LogP contribution in [0.3, 0.4) is 0 Å². The third-order valence-corrected chi connectivity index (χ3v) is 4.93. The Morgan fingerprint density at radius 3 is 2.48 bits per heavy atom. The highest BCUT2D eigenvalue weighted by Gasteiger charge is 2.27. The van der Waals surface area contributed by atoms with Gasteiger partial charge in [0.1, 0.15) is 5.75 Å². The van der Waals surface area contributed by atoms with Gasteiger partial charge in [0.25, 0.3) is 0 Å². The van der Waals surface area contributed by atoms with Gasteiger partial charge < -0.3 is 23.5 Å². The molecule has 1 aliphatic rings. The van der Waals surface area contributed by atoms with Crippen molar-refractivity contribution in [1.29, 1.82) is 0 Å². The molecule has 0 aliphatic carbocycles. The van der Waals surface area contributed by atoms with E-state index in [4.69, 9.17) is 18.6 Å². The summed E-state index contributed by atoms with van der Waals surface area (Å²) in [6, 6.07) is 11.1.